The third-order valence-electron chi connectivity index (χ3n) is 3.63. The van der Waals surface area contributed by atoms with Crippen LogP contribution in [0.1, 0.15) is 27.9 Å². The molecule has 130 valence electrons. The molecule has 0 saturated heterocycles. The molecule has 0 spiro atoms. The number of anilines is 1. The molecule has 3 rings (SSSR count). The zero-order valence-electron chi connectivity index (χ0n) is 14.0. The Morgan fingerprint density at radius 1 is 1.36 bits per heavy atom. The van der Waals surface area contributed by atoms with Gasteiger partial charge >= 0.3 is 0 Å². The Labute approximate surface area is 149 Å². The molecule has 0 fully saturated rings. The number of carbonyl (C=O) groups excluding carboxylic acids is 1. The highest BCUT2D eigenvalue weighted by Gasteiger charge is 2.13. The minimum atomic E-state index is -0.405. The van der Waals surface area contributed by atoms with Crippen LogP contribution in [0.25, 0.3) is 0 Å². The molecule has 1 amide bonds. The normalized spacial score (nSPS) is 10.7. The molecule has 0 atom stereocenters. The van der Waals surface area contributed by atoms with E-state index in [1.165, 1.54) is 17.4 Å². The maximum atomic E-state index is 13.5. The Balaban J connectivity index is 1.62. The van der Waals surface area contributed by atoms with Gasteiger partial charge in [-0.1, -0.05) is 12.1 Å². The number of rotatable bonds is 6. The van der Waals surface area contributed by atoms with E-state index in [0.29, 0.717) is 10.7 Å². The Hall–Kier alpha value is -2.67. The number of amides is 1. The van der Waals surface area contributed by atoms with E-state index in [9.17, 15) is 9.18 Å². The van der Waals surface area contributed by atoms with Gasteiger partial charge in [0.1, 0.15) is 6.61 Å². The first-order valence-corrected chi connectivity index (χ1v) is 8.75. The Kier molecular flexibility index (Phi) is 5.14. The molecule has 3 aromatic rings. The zero-order chi connectivity index (χ0) is 17.8. The summed E-state index contributed by atoms with van der Waals surface area (Å²) in [4.78, 5) is 12.9. The lowest BCUT2D eigenvalue weighted by Crippen LogP contribution is -2.11. The van der Waals surface area contributed by atoms with Crippen LogP contribution in [-0.4, -0.2) is 15.7 Å². The molecule has 25 heavy (non-hydrogen) atoms. The van der Waals surface area contributed by atoms with Crippen molar-refractivity contribution < 1.29 is 13.9 Å². The summed E-state index contributed by atoms with van der Waals surface area (Å²) in [7, 11) is 0. The van der Waals surface area contributed by atoms with E-state index in [1.54, 1.807) is 24.3 Å². The van der Waals surface area contributed by atoms with Crippen LogP contribution in [0.15, 0.2) is 41.8 Å². The van der Waals surface area contributed by atoms with E-state index in [2.05, 4.69) is 10.4 Å². The van der Waals surface area contributed by atoms with Gasteiger partial charge in [-0.05, 0) is 37.4 Å². The molecule has 7 heteroatoms. The second kappa shape index (κ2) is 7.48. The Morgan fingerprint density at radius 3 is 2.88 bits per heavy atom. The predicted octanol–water partition coefficient (Wildman–Crippen LogP) is 4.24. The molecule has 0 aliphatic rings. The largest absolute Gasteiger partial charge is 0.486 e. The van der Waals surface area contributed by atoms with Crippen molar-refractivity contribution in [3.63, 3.8) is 0 Å². The zero-order valence-corrected chi connectivity index (χ0v) is 14.8. The number of aryl methyl sites for hydroxylation is 2. The lowest BCUT2D eigenvalue weighted by atomic mass is 10.3. The molecule has 0 radical (unpaired) electrons. The third kappa shape index (κ3) is 4.06. The average Bonchev–Trinajstić information content (AvgIpc) is 3.20. The molecule has 2 heterocycles. The van der Waals surface area contributed by atoms with Gasteiger partial charge in [0.15, 0.2) is 17.4 Å². The van der Waals surface area contributed by atoms with Crippen molar-refractivity contribution >= 4 is 23.1 Å². The number of thiophene rings is 1. The number of nitrogens with one attached hydrogen (secondary N) is 1. The Morgan fingerprint density at radius 2 is 2.16 bits per heavy atom. The Bertz CT molecular complexity index is 888. The van der Waals surface area contributed by atoms with Gasteiger partial charge in [0.05, 0.1) is 4.88 Å². The summed E-state index contributed by atoms with van der Waals surface area (Å²) in [6, 6.07) is 9.81. The van der Waals surface area contributed by atoms with Crippen LogP contribution in [0.2, 0.25) is 0 Å². The molecule has 0 saturated carbocycles. The van der Waals surface area contributed by atoms with Gasteiger partial charge in [-0.3, -0.25) is 9.48 Å². The van der Waals surface area contributed by atoms with Gasteiger partial charge in [0.25, 0.3) is 5.91 Å². The molecule has 0 aliphatic heterocycles. The van der Waals surface area contributed by atoms with E-state index in [1.807, 2.05) is 30.0 Å². The number of aromatic nitrogens is 2. The second-order valence-electron chi connectivity index (χ2n) is 5.48. The summed E-state index contributed by atoms with van der Waals surface area (Å²) in [6.45, 7) is 4.88. The van der Waals surface area contributed by atoms with Crippen molar-refractivity contribution in [3.05, 3.63) is 63.7 Å². The summed E-state index contributed by atoms with van der Waals surface area (Å²) in [5.41, 5.74) is 1.80. The summed E-state index contributed by atoms with van der Waals surface area (Å²) in [5, 5.41) is 8.92. The van der Waals surface area contributed by atoms with Crippen molar-refractivity contribution in [2.45, 2.75) is 27.0 Å². The van der Waals surface area contributed by atoms with E-state index < -0.39 is 5.82 Å². The number of benzene rings is 1. The number of ether oxygens (including phenoxy) is 1. The topological polar surface area (TPSA) is 56.2 Å². The van der Waals surface area contributed by atoms with E-state index in [-0.39, 0.29) is 18.3 Å². The van der Waals surface area contributed by atoms with Crippen molar-refractivity contribution in [2.24, 2.45) is 0 Å². The number of halogens is 1. The fraction of sp³-hybridized carbons (Fsp3) is 0.222. The second-order valence-corrected chi connectivity index (χ2v) is 6.39. The minimum Gasteiger partial charge on any atom is -0.486 e. The van der Waals surface area contributed by atoms with Crippen molar-refractivity contribution in [2.75, 3.05) is 5.32 Å². The van der Waals surface area contributed by atoms with Crippen LogP contribution in [0.4, 0.5) is 10.2 Å². The van der Waals surface area contributed by atoms with Crippen LogP contribution >= 0.6 is 11.3 Å². The quantitative estimate of drug-likeness (QED) is 0.716. The van der Waals surface area contributed by atoms with Crippen LogP contribution in [-0.2, 0) is 13.2 Å². The molecule has 0 aliphatic carbocycles. The minimum absolute atomic E-state index is 0.195. The SMILES string of the molecule is CCn1nc(NC(=O)c2cc(COc3ccccc3F)cs2)cc1C. The third-order valence-corrected chi connectivity index (χ3v) is 4.61. The summed E-state index contributed by atoms with van der Waals surface area (Å²) in [6.07, 6.45) is 0. The predicted molar refractivity (Wildman–Crippen MR) is 95.6 cm³/mol. The highest BCUT2D eigenvalue weighted by molar-refractivity contribution is 7.12. The van der Waals surface area contributed by atoms with Gasteiger partial charge in [-0.15, -0.1) is 11.3 Å². The first-order chi connectivity index (χ1) is 12.1. The lowest BCUT2D eigenvalue weighted by molar-refractivity contribution is 0.103. The van der Waals surface area contributed by atoms with E-state index in [4.69, 9.17) is 4.74 Å². The lowest BCUT2D eigenvalue weighted by Gasteiger charge is -2.05. The highest BCUT2D eigenvalue weighted by atomic mass is 32.1. The molecular weight excluding hydrogens is 341 g/mol. The molecule has 0 bridgehead atoms. The maximum Gasteiger partial charge on any atom is 0.266 e. The van der Waals surface area contributed by atoms with Gasteiger partial charge in [-0.25, -0.2) is 4.39 Å². The molecule has 2 aromatic heterocycles. The monoisotopic (exact) mass is 359 g/mol. The van der Waals surface area contributed by atoms with Crippen molar-refractivity contribution in [1.82, 2.24) is 9.78 Å². The number of nitrogens with zero attached hydrogens (tertiary/aromatic N) is 2. The smallest absolute Gasteiger partial charge is 0.266 e. The molecule has 0 unspecified atom stereocenters. The van der Waals surface area contributed by atoms with Crippen LogP contribution in [0, 0.1) is 12.7 Å². The van der Waals surface area contributed by atoms with Gasteiger partial charge in [-0.2, -0.15) is 5.10 Å². The standard InChI is InChI=1S/C18H18FN3O2S/c1-3-22-12(2)8-17(21-22)20-18(23)16-9-13(11-25-16)10-24-15-7-5-4-6-14(15)19/h4-9,11H,3,10H2,1-2H3,(H,20,21,23). The summed E-state index contributed by atoms with van der Waals surface area (Å²) in [5.74, 6) is 0.0997. The first-order valence-electron chi connectivity index (χ1n) is 7.87. The van der Waals surface area contributed by atoms with Crippen LogP contribution in [0.5, 0.6) is 5.75 Å². The van der Waals surface area contributed by atoms with Gasteiger partial charge in [0, 0.05) is 23.9 Å². The molecule has 1 N–H and O–H groups in total. The van der Waals surface area contributed by atoms with E-state index in [0.717, 1.165) is 17.8 Å². The van der Waals surface area contributed by atoms with Crippen molar-refractivity contribution in [3.8, 4) is 5.75 Å². The number of hydrogen-bond donors (Lipinski definition) is 1. The van der Waals surface area contributed by atoms with Crippen LogP contribution < -0.4 is 10.1 Å². The number of carbonyl (C=O) groups is 1. The number of hydrogen-bond acceptors (Lipinski definition) is 4. The van der Waals surface area contributed by atoms with Crippen molar-refractivity contribution in [1.29, 1.82) is 0 Å². The fourth-order valence-corrected chi connectivity index (χ4v) is 3.15. The molecule has 5 nitrogen and oxygen atoms in total. The molecule has 1 aromatic carbocycles. The average molecular weight is 359 g/mol. The number of para-hydroxylation sites is 1. The fourth-order valence-electron chi connectivity index (χ4n) is 2.36. The molecular formula is C18H18FN3O2S. The van der Waals surface area contributed by atoms with Gasteiger partial charge in [0.2, 0.25) is 0 Å². The first kappa shape index (κ1) is 17.2. The van der Waals surface area contributed by atoms with Gasteiger partial charge < -0.3 is 10.1 Å². The highest BCUT2D eigenvalue weighted by Crippen LogP contribution is 2.21. The maximum absolute atomic E-state index is 13.5. The van der Waals surface area contributed by atoms with E-state index >= 15 is 0 Å². The summed E-state index contributed by atoms with van der Waals surface area (Å²) >= 11 is 1.31. The van der Waals surface area contributed by atoms with Crippen LogP contribution in [0.3, 0.4) is 0 Å². The summed E-state index contributed by atoms with van der Waals surface area (Å²) < 4.78 is 20.8.